The van der Waals surface area contributed by atoms with Crippen LogP contribution >= 0.6 is 0 Å². The Bertz CT molecular complexity index is 365. The standard InChI is InChI=1S/C25H51N3/c1-3-4-5-6-7-8-9-10-11-12-13-14-15-16-17-18-19-20-21-25-27-22-23-28(25)24(2)26/h24H,3-23,26H2,1-2H3/p+1. The van der Waals surface area contributed by atoms with Gasteiger partial charge in [0.05, 0.1) is 6.54 Å². The molecular weight excluding hydrogens is 342 g/mol. The van der Waals surface area contributed by atoms with Gasteiger partial charge in [0.2, 0.25) is 0 Å². The summed E-state index contributed by atoms with van der Waals surface area (Å²) in [5.41, 5.74) is 4.15. The van der Waals surface area contributed by atoms with Crippen LogP contribution in [-0.2, 0) is 0 Å². The highest BCUT2D eigenvalue weighted by Crippen LogP contribution is 2.15. The van der Waals surface area contributed by atoms with E-state index in [1.807, 2.05) is 0 Å². The van der Waals surface area contributed by atoms with E-state index >= 15 is 0 Å². The lowest BCUT2D eigenvalue weighted by Crippen LogP contribution is -2.67. The molecule has 0 saturated heterocycles. The maximum atomic E-state index is 4.65. The molecule has 0 bridgehead atoms. The largest absolute Gasteiger partial charge is 0.338 e. The van der Waals surface area contributed by atoms with Crippen LogP contribution in [0.2, 0.25) is 0 Å². The van der Waals surface area contributed by atoms with Crippen molar-refractivity contribution in [3.63, 3.8) is 0 Å². The van der Waals surface area contributed by atoms with Gasteiger partial charge in [0.25, 0.3) is 0 Å². The van der Waals surface area contributed by atoms with Gasteiger partial charge in [-0.05, 0) is 6.42 Å². The Morgan fingerprint density at radius 2 is 1.11 bits per heavy atom. The molecule has 0 aromatic carbocycles. The fourth-order valence-corrected chi connectivity index (χ4v) is 4.39. The number of hydrogen-bond donors (Lipinski definition) is 1. The fraction of sp³-hybridized carbons (Fsp3) is 0.960. The van der Waals surface area contributed by atoms with E-state index in [9.17, 15) is 0 Å². The van der Waals surface area contributed by atoms with Crippen molar-refractivity contribution in [2.75, 3.05) is 13.1 Å². The van der Waals surface area contributed by atoms with E-state index in [-0.39, 0.29) is 0 Å². The molecule has 166 valence electrons. The van der Waals surface area contributed by atoms with Crippen LogP contribution in [-0.4, -0.2) is 30.0 Å². The lowest BCUT2D eigenvalue weighted by atomic mass is 10.0. The van der Waals surface area contributed by atoms with E-state index in [1.54, 1.807) is 0 Å². The lowest BCUT2D eigenvalue weighted by molar-refractivity contribution is -0.442. The van der Waals surface area contributed by atoms with Crippen molar-refractivity contribution in [2.24, 2.45) is 4.99 Å². The molecule has 0 fully saturated rings. The smallest absolute Gasteiger partial charge is 0.158 e. The number of quaternary nitrogens is 1. The van der Waals surface area contributed by atoms with Gasteiger partial charge in [-0.1, -0.05) is 116 Å². The highest BCUT2D eigenvalue weighted by Gasteiger charge is 2.20. The van der Waals surface area contributed by atoms with Crippen LogP contribution in [0.4, 0.5) is 0 Å². The van der Waals surface area contributed by atoms with Crippen molar-refractivity contribution in [1.82, 2.24) is 4.90 Å². The Morgan fingerprint density at radius 1 is 0.714 bits per heavy atom. The van der Waals surface area contributed by atoms with Crippen molar-refractivity contribution < 1.29 is 5.73 Å². The maximum Gasteiger partial charge on any atom is 0.158 e. The SMILES string of the molecule is CCCCCCCCCCCCCCCCCCCCC1=NCCN1C(C)[NH3+]. The van der Waals surface area contributed by atoms with Crippen LogP contribution in [0.1, 0.15) is 136 Å². The summed E-state index contributed by atoms with van der Waals surface area (Å²) in [6, 6.07) is 0. The predicted octanol–water partition coefficient (Wildman–Crippen LogP) is 6.72. The molecule has 1 unspecified atom stereocenters. The fourth-order valence-electron chi connectivity index (χ4n) is 4.39. The van der Waals surface area contributed by atoms with Gasteiger partial charge in [0.1, 0.15) is 5.84 Å². The zero-order valence-electron chi connectivity index (χ0n) is 19.5. The Balaban J connectivity index is 1.73. The minimum atomic E-state index is 0.372. The van der Waals surface area contributed by atoms with Gasteiger partial charge in [0, 0.05) is 19.9 Å². The molecular formula is C25H52N3+. The molecule has 0 aromatic rings. The van der Waals surface area contributed by atoms with Crippen molar-refractivity contribution in [1.29, 1.82) is 0 Å². The third-order valence-corrected chi connectivity index (χ3v) is 6.25. The van der Waals surface area contributed by atoms with E-state index in [0.717, 1.165) is 13.1 Å². The first-order valence-corrected chi connectivity index (χ1v) is 12.9. The van der Waals surface area contributed by atoms with Crippen molar-refractivity contribution in [3.8, 4) is 0 Å². The summed E-state index contributed by atoms with van der Waals surface area (Å²) in [5, 5.41) is 0. The van der Waals surface area contributed by atoms with Gasteiger partial charge in [0.15, 0.2) is 6.17 Å². The second-order valence-corrected chi connectivity index (χ2v) is 9.10. The van der Waals surface area contributed by atoms with E-state index < -0.39 is 0 Å². The number of nitrogens with zero attached hydrogens (tertiary/aromatic N) is 2. The predicted molar refractivity (Wildman–Crippen MR) is 125 cm³/mol. The molecule has 0 saturated carbocycles. The quantitative estimate of drug-likeness (QED) is 0.229. The molecule has 3 N–H and O–H groups in total. The third kappa shape index (κ3) is 13.6. The van der Waals surface area contributed by atoms with Gasteiger partial charge in [-0.3, -0.25) is 4.99 Å². The molecule has 1 atom stereocenters. The number of unbranched alkanes of at least 4 members (excludes halogenated alkanes) is 17. The molecule has 0 aromatic heterocycles. The first-order chi connectivity index (χ1) is 13.8. The Kier molecular flexibility index (Phi) is 16.8. The molecule has 1 rings (SSSR count). The summed E-state index contributed by atoms with van der Waals surface area (Å²) >= 11 is 0. The molecule has 0 amide bonds. The Morgan fingerprint density at radius 3 is 1.50 bits per heavy atom. The molecule has 3 heteroatoms. The molecule has 0 radical (unpaired) electrons. The minimum Gasteiger partial charge on any atom is -0.338 e. The van der Waals surface area contributed by atoms with Crippen LogP contribution in [0.3, 0.4) is 0 Å². The monoisotopic (exact) mass is 394 g/mol. The van der Waals surface area contributed by atoms with Gasteiger partial charge in [-0.15, -0.1) is 0 Å². The Hall–Kier alpha value is -0.570. The zero-order valence-corrected chi connectivity index (χ0v) is 19.5. The first kappa shape index (κ1) is 25.5. The molecule has 3 nitrogen and oxygen atoms in total. The maximum absolute atomic E-state index is 4.65. The van der Waals surface area contributed by atoms with Crippen molar-refractivity contribution in [3.05, 3.63) is 0 Å². The van der Waals surface area contributed by atoms with Gasteiger partial charge in [-0.2, -0.15) is 0 Å². The third-order valence-electron chi connectivity index (χ3n) is 6.25. The summed E-state index contributed by atoms with van der Waals surface area (Å²) in [6.45, 7) is 6.54. The Labute approximate surface area is 176 Å². The topological polar surface area (TPSA) is 43.2 Å². The van der Waals surface area contributed by atoms with E-state index in [1.165, 1.54) is 128 Å². The summed E-state index contributed by atoms with van der Waals surface area (Å²) in [6.07, 6.45) is 27.5. The minimum absolute atomic E-state index is 0.372. The van der Waals surface area contributed by atoms with Crippen LogP contribution in [0.5, 0.6) is 0 Å². The van der Waals surface area contributed by atoms with Gasteiger partial charge < -0.3 is 10.6 Å². The van der Waals surface area contributed by atoms with Gasteiger partial charge >= 0.3 is 0 Å². The average molecular weight is 395 g/mol. The van der Waals surface area contributed by atoms with Crippen LogP contribution < -0.4 is 5.73 Å². The van der Waals surface area contributed by atoms with Crippen LogP contribution in [0, 0.1) is 0 Å². The first-order valence-electron chi connectivity index (χ1n) is 12.9. The number of amidine groups is 1. The lowest BCUT2D eigenvalue weighted by Gasteiger charge is -2.21. The van der Waals surface area contributed by atoms with Crippen molar-refractivity contribution in [2.45, 2.75) is 142 Å². The summed E-state index contributed by atoms with van der Waals surface area (Å²) in [5.74, 6) is 1.32. The highest BCUT2D eigenvalue weighted by molar-refractivity contribution is 5.83. The molecule has 1 aliphatic heterocycles. The van der Waals surface area contributed by atoms with E-state index in [2.05, 4.69) is 29.5 Å². The summed E-state index contributed by atoms with van der Waals surface area (Å²) < 4.78 is 0. The molecule has 0 spiro atoms. The van der Waals surface area contributed by atoms with Gasteiger partial charge in [-0.25, -0.2) is 0 Å². The molecule has 1 aliphatic rings. The summed E-state index contributed by atoms with van der Waals surface area (Å²) in [4.78, 5) is 7.04. The number of aliphatic imine (C=N–C) groups is 1. The molecule has 28 heavy (non-hydrogen) atoms. The number of rotatable bonds is 20. The average Bonchev–Trinajstić information content (AvgIpc) is 3.16. The van der Waals surface area contributed by atoms with Crippen molar-refractivity contribution >= 4 is 5.84 Å². The second kappa shape index (κ2) is 18.5. The van der Waals surface area contributed by atoms with E-state index in [0.29, 0.717) is 6.17 Å². The highest BCUT2D eigenvalue weighted by atomic mass is 15.3. The molecule has 0 aliphatic carbocycles. The number of hydrogen-bond acceptors (Lipinski definition) is 2. The molecule has 1 heterocycles. The van der Waals surface area contributed by atoms with Crippen LogP contribution in [0.25, 0.3) is 0 Å². The normalized spacial score (nSPS) is 15.2. The zero-order chi connectivity index (χ0) is 20.3. The van der Waals surface area contributed by atoms with Crippen LogP contribution in [0.15, 0.2) is 4.99 Å². The summed E-state index contributed by atoms with van der Waals surface area (Å²) in [7, 11) is 0. The van der Waals surface area contributed by atoms with E-state index in [4.69, 9.17) is 0 Å². The second-order valence-electron chi connectivity index (χ2n) is 9.10.